The predicted molar refractivity (Wildman–Crippen MR) is 74.8 cm³/mol. The van der Waals surface area contributed by atoms with Crippen LogP contribution in [-0.2, 0) is 0 Å². The Balaban J connectivity index is 1.97. The van der Waals surface area contributed by atoms with E-state index in [-0.39, 0.29) is 17.1 Å². The molecule has 6 heteroatoms. The molecular weight excluding hydrogens is 259 g/mol. The lowest BCUT2D eigenvalue weighted by atomic mass is 10.0. The van der Waals surface area contributed by atoms with Gasteiger partial charge in [0.2, 0.25) is 0 Å². The topological polar surface area (TPSA) is 62.5 Å². The van der Waals surface area contributed by atoms with E-state index in [1.807, 2.05) is 0 Å². The molecule has 1 aliphatic heterocycles. The number of aromatic nitrogens is 1. The Hall–Kier alpha value is -1.53. The van der Waals surface area contributed by atoms with Crippen LogP contribution in [0.1, 0.15) is 24.3 Å². The fourth-order valence-corrected chi connectivity index (χ4v) is 2.31. The summed E-state index contributed by atoms with van der Waals surface area (Å²) in [5, 5.41) is 0. The molecule has 0 radical (unpaired) electrons. The molecule has 1 saturated heterocycles. The van der Waals surface area contributed by atoms with Crippen molar-refractivity contribution in [3.8, 4) is 0 Å². The van der Waals surface area contributed by atoms with Crippen molar-refractivity contribution in [3.63, 3.8) is 0 Å². The maximum atomic E-state index is 12.8. The van der Waals surface area contributed by atoms with Crippen LogP contribution in [0.15, 0.2) is 18.3 Å². The van der Waals surface area contributed by atoms with Crippen molar-refractivity contribution < 1.29 is 9.18 Å². The minimum Gasteiger partial charge on any atom is -0.335 e. The number of nitrogens with two attached hydrogens (primary N) is 1. The van der Waals surface area contributed by atoms with Gasteiger partial charge in [0.25, 0.3) is 5.91 Å². The molecule has 1 aromatic heterocycles. The monoisotopic (exact) mass is 280 g/mol. The third-order valence-electron chi connectivity index (χ3n) is 3.87. The third-order valence-corrected chi connectivity index (χ3v) is 3.87. The first-order valence-electron chi connectivity index (χ1n) is 6.80. The van der Waals surface area contributed by atoms with Gasteiger partial charge in [-0.05, 0) is 26.0 Å². The molecule has 0 aliphatic carbocycles. The number of halogens is 1. The van der Waals surface area contributed by atoms with Gasteiger partial charge in [-0.1, -0.05) is 0 Å². The highest BCUT2D eigenvalue weighted by molar-refractivity contribution is 5.92. The van der Waals surface area contributed by atoms with Crippen molar-refractivity contribution in [2.75, 3.05) is 32.7 Å². The fraction of sp³-hybridized carbons (Fsp3) is 0.571. The molecule has 0 atom stereocenters. The highest BCUT2D eigenvalue weighted by Gasteiger charge is 2.30. The molecule has 1 amide bonds. The van der Waals surface area contributed by atoms with Gasteiger partial charge in [-0.3, -0.25) is 9.69 Å². The zero-order chi connectivity index (χ0) is 14.8. The maximum Gasteiger partial charge on any atom is 0.272 e. The molecule has 1 fully saturated rings. The van der Waals surface area contributed by atoms with Gasteiger partial charge < -0.3 is 10.6 Å². The Morgan fingerprint density at radius 3 is 2.50 bits per heavy atom. The van der Waals surface area contributed by atoms with Crippen LogP contribution in [0.3, 0.4) is 0 Å². The first kappa shape index (κ1) is 14.9. The molecule has 5 nitrogen and oxygen atoms in total. The maximum absolute atomic E-state index is 12.8. The van der Waals surface area contributed by atoms with Crippen LogP contribution in [0, 0.1) is 5.82 Å². The van der Waals surface area contributed by atoms with Crippen LogP contribution in [0.5, 0.6) is 0 Å². The number of carbonyl (C=O) groups excluding carboxylic acids is 1. The second-order valence-corrected chi connectivity index (χ2v) is 5.66. The van der Waals surface area contributed by atoms with E-state index in [1.54, 1.807) is 4.90 Å². The van der Waals surface area contributed by atoms with E-state index in [0.29, 0.717) is 19.6 Å². The molecule has 1 aliphatic rings. The number of hydrogen-bond donors (Lipinski definition) is 1. The lowest BCUT2D eigenvalue weighted by Gasteiger charge is -2.43. The van der Waals surface area contributed by atoms with E-state index in [1.165, 1.54) is 12.1 Å². The third kappa shape index (κ3) is 3.13. The molecular formula is C14H21FN4O. The van der Waals surface area contributed by atoms with Crippen molar-refractivity contribution in [2.24, 2.45) is 5.73 Å². The molecule has 0 spiro atoms. The number of piperazine rings is 1. The van der Waals surface area contributed by atoms with Gasteiger partial charge in [-0.15, -0.1) is 0 Å². The van der Waals surface area contributed by atoms with Crippen molar-refractivity contribution >= 4 is 5.91 Å². The van der Waals surface area contributed by atoms with Crippen molar-refractivity contribution in [3.05, 3.63) is 29.8 Å². The number of rotatable bonds is 3. The van der Waals surface area contributed by atoms with E-state index in [9.17, 15) is 9.18 Å². The standard InChI is InChI=1S/C14H21FN4O/c1-14(2,10-16)19-7-5-18(6-8-19)13(20)12-4-3-11(15)9-17-12/h3-4,9H,5-8,10,16H2,1-2H3. The van der Waals surface area contributed by atoms with Gasteiger partial charge in [0.15, 0.2) is 0 Å². The fourth-order valence-electron chi connectivity index (χ4n) is 2.31. The first-order valence-corrected chi connectivity index (χ1v) is 6.80. The van der Waals surface area contributed by atoms with Crippen molar-refractivity contribution in [2.45, 2.75) is 19.4 Å². The molecule has 0 unspecified atom stereocenters. The molecule has 0 aromatic carbocycles. The summed E-state index contributed by atoms with van der Waals surface area (Å²) in [4.78, 5) is 20.1. The van der Waals surface area contributed by atoms with Crippen molar-refractivity contribution in [1.82, 2.24) is 14.8 Å². The van der Waals surface area contributed by atoms with Crippen LogP contribution in [-0.4, -0.2) is 59.0 Å². The highest BCUT2D eigenvalue weighted by Crippen LogP contribution is 2.16. The summed E-state index contributed by atoms with van der Waals surface area (Å²) in [6.07, 6.45) is 1.07. The Morgan fingerprint density at radius 1 is 1.35 bits per heavy atom. The van der Waals surface area contributed by atoms with Crippen LogP contribution >= 0.6 is 0 Å². The molecule has 2 heterocycles. The molecule has 20 heavy (non-hydrogen) atoms. The summed E-state index contributed by atoms with van der Waals surface area (Å²) in [6.45, 7) is 7.65. The zero-order valence-corrected chi connectivity index (χ0v) is 12.0. The molecule has 2 rings (SSSR count). The Kier molecular flexibility index (Phi) is 4.35. The Morgan fingerprint density at radius 2 is 2.00 bits per heavy atom. The highest BCUT2D eigenvalue weighted by atomic mass is 19.1. The van der Waals surface area contributed by atoms with Gasteiger partial charge in [-0.2, -0.15) is 0 Å². The molecule has 110 valence electrons. The second kappa shape index (κ2) is 5.85. The van der Waals surface area contributed by atoms with Gasteiger partial charge in [0, 0.05) is 38.3 Å². The van der Waals surface area contributed by atoms with Crippen molar-refractivity contribution in [1.29, 1.82) is 0 Å². The SMILES string of the molecule is CC(C)(CN)N1CCN(C(=O)c2ccc(F)cn2)CC1. The van der Waals surface area contributed by atoms with E-state index in [4.69, 9.17) is 5.73 Å². The van der Waals surface area contributed by atoms with Gasteiger partial charge in [-0.25, -0.2) is 9.37 Å². The van der Waals surface area contributed by atoms with Gasteiger partial charge >= 0.3 is 0 Å². The number of carbonyl (C=O) groups is 1. The number of pyridine rings is 1. The number of nitrogens with zero attached hydrogens (tertiary/aromatic N) is 3. The molecule has 2 N–H and O–H groups in total. The lowest BCUT2D eigenvalue weighted by Crippen LogP contribution is -2.58. The second-order valence-electron chi connectivity index (χ2n) is 5.66. The number of hydrogen-bond acceptors (Lipinski definition) is 4. The summed E-state index contributed by atoms with van der Waals surface area (Å²) in [5.74, 6) is -0.578. The normalized spacial score (nSPS) is 17.3. The minimum atomic E-state index is -0.434. The van der Waals surface area contributed by atoms with E-state index < -0.39 is 5.82 Å². The molecule has 1 aromatic rings. The predicted octanol–water partition coefficient (Wildman–Crippen LogP) is 0.716. The Bertz CT molecular complexity index is 467. The lowest BCUT2D eigenvalue weighted by molar-refractivity contribution is 0.0422. The summed E-state index contributed by atoms with van der Waals surface area (Å²) in [6, 6.07) is 2.68. The smallest absolute Gasteiger partial charge is 0.272 e. The largest absolute Gasteiger partial charge is 0.335 e. The van der Waals surface area contributed by atoms with Gasteiger partial charge in [0.1, 0.15) is 11.5 Å². The summed E-state index contributed by atoms with van der Waals surface area (Å²) in [7, 11) is 0. The zero-order valence-electron chi connectivity index (χ0n) is 12.0. The Labute approximate surface area is 118 Å². The van der Waals surface area contributed by atoms with Crippen LogP contribution in [0.2, 0.25) is 0 Å². The quantitative estimate of drug-likeness (QED) is 0.886. The summed E-state index contributed by atoms with van der Waals surface area (Å²) in [5.41, 5.74) is 6.01. The van der Waals surface area contributed by atoms with Crippen LogP contribution in [0.25, 0.3) is 0 Å². The summed E-state index contributed by atoms with van der Waals surface area (Å²) < 4.78 is 12.8. The van der Waals surface area contributed by atoms with Crippen LogP contribution in [0.4, 0.5) is 4.39 Å². The first-order chi connectivity index (χ1) is 9.44. The van der Waals surface area contributed by atoms with Gasteiger partial charge in [0.05, 0.1) is 6.20 Å². The molecule has 0 saturated carbocycles. The average Bonchev–Trinajstić information content (AvgIpc) is 2.47. The van der Waals surface area contributed by atoms with E-state index >= 15 is 0 Å². The average molecular weight is 280 g/mol. The van der Waals surface area contributed by atoms with E-state index in [2.05, 4.69) is 23.7 Å². The van der Waals surface area contributed by atoms with E-state index in [0.717, 1.165) is 19.3 Å². The summed E-state index contributed by atoms with van der Waals surface area (Å²) >= 11 is 0. The number of amides is 1. The van der Waals surface area contributed by atoms with Crippen LogP contribution < -0.4 is 5.73 Å². The minimum absolute atomic E-state index is 0.0523. The molecule has 0 bridgehead atoms.